The van der Waals surface area contributed by atoms with Gasteiger partial charge in [0.1, 0.15) is 0 Å². The molecule has 0 fully saturated rings. The Bertz CT molecular complexity index is 496. The Hall–Kier alpha value is -1.33. The Morgan fingerprint density at radius 2 is 2.18 bits per heavy atom. The Morgan fingerprint density at radius 3 is 2.82 bits per heavy atom. The molecule has 0 bridgehead atoms. The molecular formula is C12H12N2OS2. The van der Waals surface area contributed by atoms with Crippen molar-refractivity contribution in [3.05, 3.63) is 41.4 Å². The molecule has 1 aromatic heterocycles. The zero-order valence-electron chi connectivity index (χ0n) is 9.34. The van der Waals surface area contributed by atoms with Crippen LogP contribution in [0, 0.1) is 6.92 Å². The smallest absolute Gasteiger partial charge is 0.236 e. The van der Waals surface area contributed by atoms with Crippen molar-refractivity contribution in [2.75, 3.05) is 11.1 Å². The van der Waals surface area contributed by atoms with Gasteiger partial charge < -0.3 is 5.32 Å². The van der Waals surface area contributed by atoms with Gasteiger partial charge in [0.05, 0.1) is 11.4 Å². The van der Waals surface area contributed by atoms with Crippen molar-refractivity contribution >= 4 is 34.1 Å². The lowest BCUT2D eigenvalue weighted by Gasteiger charge is -2.01. The van der Waals surface area contributed by atoms with Gasteiger partial charge >= 0.3 is 0 Å². The lowest BCUT2D eigenvalue weighted by molar-refractivity contribution is -0.113. The molecule has 0 aliphatic carbocycles. The van der Waals surface area contributed by atoms with E-state index >= 15 is 0 Å². The monoisotopic (exact) mass is 264 g/mol. The third-order valence-corrected chi connectivity index (χ3v) is 3.87. The number of nitrogens with one attached hydrogen (secondary N) is 1. The first-order valence-corrected chi connectivity index (χ1v) is 7.00. The van der Waals surface area contributed by atoms with E-state index in [-0.39, 0.29) is 5.91 Å². The Morgan fingerprint density at radius 1 is 1.41 bits per heavy atom. The molecule has 17 heavy (non-hydrogen) atoms. The molecule has 2 rings (SSSR count). The predicted octanol–water partition coefficient (Wildman–Crippen LogP) is 3.18. The van der Waals surface area contributed by atoms with Crippen LogP contribution >= 0.6 is 23.1 Å². The van der Waals surface area contributed by atoms with E-state index in [9.17, 15) is 4.79 Å². The fourth-order valence-corrected chi connectivity index (χ4v) is 2.66. The SMILES string of the molecule is Cc1csc(NC(=O)CSc2ccccc2)n1. The number of carbonyl (C=O) groups is 1. The second kappa shape index (κ2) is 5.84. The predicted molar refractivity (Wildman–Crippen MR) is 72.6 cm³/mol. The molecule has 5 heteroatoms. The van der Waals surface area contributed by atoms with Crippen molar-refractivity contribution < 1.29 is 4.79 Å². The summed E-state index contributed by atoms with van der Waals surface area (Å²) in [5.74, 6) is 0.385. The van der Waals surface area contributed by atoms with E-state index in [2.05, 4.69) is 10.3 Å². The molecule has 0 aliphatic rings. The van der Waals surface area contributed by atoms with Crippen LogP contribution in [-0.4, -0.2) is 16.6 Å². The molecule has 1 aromatic carbocycles. The number of aromatic nitrogens is 1. The maximum absolute atomic E-state index is 11.6. The van der Waals surface area contributed by atoms with Crippen molar-refractivity contribution in [3.8, 4) is 0 Å². The molecule has 1 N–H and O–H groups in total. The Labute approximate surface area is 108 Å². The van der Waals surface area contributed by atoms with Gasteiger partial charge in [-0.2, -0.15) is 0 Å². The van der Waals surface area contributed by atoms with Crippen LogP contribution in [0.1, 0.15) is 5.69 Å². The highest BCUT2D eigenvalue weighted by atomic mass is 32.2. The average molecular weight is 264 g/mol. The van der Waals surface area contributed by atoms with E-state index in [1.807, 2.05) is 42.6 Å². The summed E-state index contributed by atoms with van der Waals surface area (Å²) in [6, 6.07) is 9.87. The number of nitrogens with zero attached hydrogens (tertiary/aromatic N) is 1. The van der Waals surface area contributed by atoms with Crippen LogP contribution in [0.5, 0.6) is 0 Å². The van der Waals surface area contributed by atoms with E-state index in [0.717, 1.165) is 10.6 Å². The number of carbonyl (C=O) groups excluding carboxylic acids is 1. The first-order valence-electron chi connectivity index (χ1n) is 5.14. The normalized spacial score (nSPS) is 10.2. The van der Waals surface area contributed by atoms with Crippen molar-refractivity contribution in [1.82, 2.24) is 4.98 Å². The zero-order chi connectivity index (χ0) is 12.1. The van der Waals surface area contributed by atoms with E-state index in [1.165, 1.54) is 23.1 Å². The van der Waals surface area contributed by atoms with Crippen LogP contribution in [0.4, 0.5) is 5.13 Å². The maximum atomic E-state index is 11.6. The van der Waals surface area contributed by atoms with Gasteiger partial charge in [-0.15, -0.1) is 23.1 Å². The van der Waals surface area contributed by atoms with Crippen molar-refractivity contribution in [2.24, 2.45) is 0 Å². The minimum atomic E-state index is -0.0202. The summed E-state index contributed by atoms with van der Waals surface area (Å²) >= 11 is 2.97. The summed E-state index contributed by atoms with van der Waals surface area (Å²) in [6.07, 6.45) is 0. The van der Waals surface area contributed by atoms with Crippen LogP contribution in [0.15, 0.2) is 40.6 Å². The van der Waals surface area contributed by atoms with Gasteiger partial charge in [0.2, 0.25) is 5.91 Å². The number of benzene rings is 1. The topological polar surface area (TPSA) is 42.0 Å². The highest BCUT2D eigenvalue weighted by molar-refractivity contribution is 8.00. The molecule has 1 amide bonds. The van der Waals surface area contributed by atoms with Gasteiger partial charge in [-0.3, -0.25) is 4.79 Å². The summed E-state index contributed by atoms with van der Waals surface area (Å²) < 4.78 is 0. The van der Waals surface area contributed by atoms with Gasteiger partial charge in [0.25, 0.3) is 0 Å². The largest absolute Gasteiger partial charge is 0.301 e. The molecular weight excluding hydrogens is 252 g/mol. The van der Waals surface area contributed by atoms with Gasteiger partial charge in [0, 0.05) is 10.3 Å². The number of thiazole rings is 1. The highest BCUT2D eigenvalue weighted by Gasteiger charge is 2.05. The van der Waals surface area contributed by atoms with Crippen LogP contribution < -0.4 is 5.32 Å². The molecule has 3 nitrogen and oxygen atoms in total. The van der Waals surface area contributed by atoms with Crippen LogP contribution in [0.25, 0.3) is 0 Å². The summed E-state index contributed by atoms with van der Waals surface area (Å²) in [5.41, 5.74) is 0.931. The molecule has 0 atom stereocenters. The molecule has 0 unspecified atom stereocenters. The van der Waals surface area contributed by atoms with Gasteiger partial charge in [-0.05, 0) is 19.1 Å². The summed E-state index contributed by atoms with van der Waals surface area (Å²) in [6.45, 7) is 1.91. The van der Waals surface area contributed by atoms with Crippen molar-refractivity contribution in [2.45, 2.75) is 11.8 Å². The number of hydrogen-bond acceptors (Lipinski definition) is 4. The summed E-state index contributed by atoms with van der Waals surface area (Å²) in [5, 5.41) is 5.36. The van der Waals surface area contributed by atoms with Crippen molar-refractivity contribution in [1.29, 1.82) is 0 Å². The minimum absolute atomic E-state index is 0.0202. The summed E-state index contributed by atoms with van der Waals surface area (Å²) in [4.78, 5) is 16.9. The number of aryl methyl sites for hydroxylation is 1. The second-order valence-electron chi connectivity index (χ2n) is 3.44. The first kappa shape index (κ1) is 12.1. The highest BCUT2D eigenvalue weighted by Crippen LogP contribution is 2.18. The van der Waals surface area contributed by atoms with Gasteiger partial charge in [-0.1, -0.05) is 18.2 Å². The lowest BCUT2D eigenvalue weighted by Crippen LogP contribution is -2.13. The van der Waals surface area contributed by atoms with E-state index in [1.54, 1.807) is 0 Å². The number of hydrogen-bond donors (Lipinski definition) is 1. The second-order valence-corrected chi connectivity index (χ2v) is 5.35. The number of anilines is 1. The number of amides is 1. The molecule has 0 spiro atoms. The minimum Gasteiger partial charge on any atom is -0.301 e. The molecule has 0 saturated heterocycles. The zero-order valence-corrected chi connectivity index (χ0v) is 11.0. The van der Waals surface area contributed by atoms with E-state index in [4.69, 9.17) is 0 Å². The average Bonchev–Trinajstić information content (AvgIpc) is 2.73. The number of rotatable bonds is 4. The van der Waals surface area contributed by atoms with Crippen LogP contribution in [-0.2, 0) is 4.79 Å². The fourth-order valence-electron chi connectivity index (χ4n) is 1.23. The number of thioether (sulfide) groups is 1. The molecule has 88 valence electrons. The van der Waals surface area contributed by atoms with Gasteiger partial charge in [0.15, 0.2) is 5.13 Å². The third kappa shape index (κ3) is 3.87. The quantitative estimate of drug-likeness (QED) is 0.862. The first-order chi connectivity index (χ1) is 8.24. The molecule has 0 saturated carbocycles. The van der Waals surface area contributed by atoms with Crippen molar-refractivity contribution in [3.63, 3.8) is 0 Å². The maximum Gasteiger partial charge on any atom is 0.236 e. The van der Waals surface area contributed by atoms with Crippen LogP contribution in [0.3, 0.4) is 0 Å². The van der Waals surface area contributed by atoms with Crippen LogP contribution in [0.2, 0.25) is 0 Å². The Kier molecular flexibility index (Phi) is 4.17. The van der Waals surface area contributed by atoms with Gasteiger partial charge in [-0.25, -0.2) is 4.98 Å². The fraction of sp³-hybridized carbons (Fsp3) is 0.167. The standard InChI is InChI=1S/C12H12N2OS2/c1-9-7-17-12(13-9)14-11(15)8-16-10-5-3-2-4-6-10/h2-7H,8H2,1H3,(H,13,14,15). The Balaban J connectivity index is 1.82. The molecule has 0 radical (unpaired) electrons. The van der Waals surface area contributed by atoms with E-state index in [0.29, 0.717) is 10.9 Å². The summed E-state index contributed by atoms with van der Waals surface area (Å²) in [7, 11) is 0. The molecule has 1 heterocycles. The van der Waals surface area contributed by atoms with E-state index < -0.39 is 0 Å². The lowest BCUT2D eigenvalue weighted by atomic mass is 10.4. The third-order valence-electron chi connectivity index (χ3n) is 1.98. The molecule has 0 aliphatic heterocycles. The molecule has 2 aromatic rings.